The lowest BCUT2D eigenvalue weighted by molar-refractivity contribution is 0.0593. The van der Waals surface area contributed by atoms with Crippen LogP contribution >= 0.6 is 0 Å². The summed E-state index contributed by atoms with van der Waals surface area (Å²) in [5.74, 6) is -1.10. The Kier molecular flexibility index (Phi) is 2.18. The number of ketones is 3. The van der Waals surface area contributed by atoms with E-state index in [1.165, 1.54) is 0 Å². The molecule has 0 heterocycles. The Balaban J connectivity index is 1.94. The highest BCUT2D eigenvalue weighted by Gasteiger charge is 2.79. The molecule has 26 heavy (non-hydrogen) atoms. The van der Waals surface area contributed by atoms with E-state index in [1.807, 2.05) is 36.4 Å². The predicted octanol–water partition coefficient (Wildman–Crippen LogP) is 3.60. The molecular formula is C23H12O3. The molecule has 3 nitrogen and oxygen atoms in total. The fourth-order valence-electron chi connectivity index (χ4n) is 5.49. The van der Waals surface area contributed by atoms with Gasteiger partial charge in [0, 0.05) is 16.7 Å². The predicted molar refractivity (Wildman–Crippen MR) is 94.6 cm³/mol. The van der Waals surface area contributed by atoms with Crippen molar-refractivity contribution in [3.63, 3.8) is 0 Å². The molecule has 3 aromatic rings. The third-order valence-corrected chi connectivity index (χ3v) is 6.31. The van der Waals surface area contributed by atoms with E-state index >= 15 is 0 Å². The summed E-state index contributed by atoms with van der Waals surface area (Å²) in [6.07, 6.45) is 0. The van der Waals surface area contributed by atoms with Crippen LogP contribution < -0.4 is 0 Å². The number of carbonyl (C=O) groups is 3. The van der Waals surface area contributed by atoms with Gasteiger partial charge in [-0.2, -0.15) is 0 Å². The molecule has 0 spiro atoms. The minimum atomic E-state index is -1.72. The molecule has 0 saturated heterocycles. The average molecular weight is 336 g/mol. The Morgan fingerprint density at radius 3 is 1.08 bits per heavy atom. The van der Waals surface area contributed by atoms with E-state index in [9.17, 15) is 14.4 Å². The number of hydrogen-bond acceptors (Lipinski definition) is 3. The van der Waals surface area contributed by atoms with E-state index in [0.29, 0.717) is 16.7 Å². The number of hydrogen-bond donors (Lipinski definition) is 0. The zero-order valence-corrected chi connectivity index (χ0v) is 13.7. The average Bonchev–Trinajstić information content (AvgIpc) is 3.18. The number of benzene rings is 3. The second kappa shape index (κ2) is 4.07. The summed E-state index contributed by atoms with van der Waals surface area (Å²) < 4.78 is 0. The topological polar surface area (TPSA) is 51.2 Å². The molecule has 0 unspecified atom stereocenters. The second-order valence-corrected chi connectivity index (χ2v) is 7.12. The van der Waals surface area contributed by atoms with Gasteiger partial charge in [0.25, 0.3) is 0 Å². The largest absolute Gasteiger partial charge is 0.292 e. The van der Waals surface area contributed by atoms with E-state index in [4.69, 9.17) is 0 Å². The van der Waals surface area contributed by atoms with Gasteiger partial charge in [0.05, 0.1) is 5.41 Å². The van der Waals surface area contributed by atoms with Crippen LogP contribution in [0.25, 0.3) is 0 Å². The molecule has 0 aliphatic heterocycles. The molecule has 0 saturated carbocycles. The molecule has 122 valence electrons. The fourth-order valence-corrected chi connectivity index (χ4v) is 5.49. The van der Waals surface area contributed by atoms with E-state index in [1.54, 1.807) is 36.4 Å². The fraction of sp³-hybridized carbons (Fsp3) is 0.0870. The summed E-state index contributed by atoms with van der Waals surface area (Å²) >= 11 is 0. The highest BCUT2D eigenvalue weighted by molar-refractivity contribution is 6.44. The maximum atomic E-state index is 13.6. The normalized spacial score (nSPS) is 27.0. The molecule has 3 aromatic carbocycles. The van der Waals surface area contributed by atoms with Crippen LogP contribution in [0.15, 0.2) is 72.8 Å². The first kappa shape index (κ1) is 13.9. The van der Waals surface area contributed by atoms with Crippen molar-refractivity contribution in [3.8, 4) is 0 Å². The minimum Gasteiger partial charge on any atom is -0.292 e. The molecule has 3 heteroatoms. The summed E-state index contributed by atoms with van der Waals surface area (Å²) in [6.45, 7) is 0. The number of carbonyl (C=O) groups excluding carboxylic acids is 3. The quantitative estimate of drug-likeness (QED) is 0.590. The molecule has 0 amide bonds. The Labute approximate surface area is 149 Å². The maximum absolute atomic E-state index is 13.6. The molecule has 0 fully saturated rings. The van der Waals surface area contributed by atoms with Gasteiger partial charge in [0.1, 0.15) is 0 Å². The van der Waals surface area contributed by atoms with Crippen molar-refractivity contribution < 1.29 is 14.4 Å². The summed E-state index contributed by atoms with van der Waals surface area (Å²) in [5, 5.41) is 0. The van der Waals surface area contributed by atoms with Crippen molar-refractivity contribution in [2.24, 2.45) is 5.41 Å². The molecule has 0 aromatic heterocycles. The van der Waals surface area contributed by atoms with E-state index in [0.717, 1.165) is 16.7 Å². The van der Waals surface area contributed by atoms with Gasteiger partial charge in [0.15, 0.2) is 22.8 Å². The third kappa shape index (κ3) is 1.06. The monoisotopic (exact) mass is 336 g/mol. The Morgan fingerprint density at radius 1 is 0.423 bits per heavy atom. The zero-order valence-electron chi connectivity index (χ0n) is 13.7. The van der Waals surface area contributed by atoms with Gasteiger partial charge in [-0.15, -0.1) is 0 Å². The SMILES string of the molecule is O=C1c2ccccc2C23c4ccccc4C(=O)C12C(=O)c1ccccc13. The zero-order chi connectivity index (χ0) is 17.7. The summed E-state index contributed by atoms with van der Waals surface area (Å²) in [5.41, 5.74) is 0.992. The van der Waals surface area contributed by atoms with Crippen LogP contribution in [-0.2, 0) is 5.41 Å². The van der Waals surface area contributed by atoms with Crippen molar-refractivity contribution in [3.05, 3.63) is 106 Å². The van der Waals surface area contributed by atoms with Gasteiger partial charge in [-0.1, -0.05) is 72.8 Å². The lowest BCUT2D eigenvalue weighted by Crippen LogP contribution is -2.48. The molecule has 6 rings (SSSR count). The Morgan fingerprint density at radius 2 is 0.731 bits per heavy atom. The number of Topliss-reactive ketones (excluding diaryl/α,β-unsaturated/α-hetero) is 3. The summed E-state index contributed by atoms with van der Waals surface area (Å²) in [4.78, 5) is 40.8. The van der Waals surface area contributed by atoms with Crippen LogP contribution in [-0.4, -0.2) is 17.3 Å². The lowest BCUT2D eigenvalue weighted by Gasteiger charge is -2.32. The van der Waals surface area contributed by atoms with Gasteiger partial charge < -0.3 is 0 Å². The van der Waals surface area contributed by atoms with E-state index < -0.39 is 10.8 Å². The van der Waals surface area contributed by atoms with Crippen LogP contribution in [0.1, 0.15) is 47.8 Å². The smallest absolute Gasteiger partial charge is 0.186 e. The van der Waals surface area contributed by atoms with Crippen molar-refractivity contribution in [2.75, 3.05) is 0 Å². The lowest BCUT2D eigenvalue weighted by atomic mass is 9.63. The van der Waals surface area contributed by atoms with Gasteiger partial charge in [0.2, 0.25) is 0 Å². The summed E-state index contributed by atoms with van der Waals surface area (Å²) in [6, 6.07) is 21.8. The molecule has 0 bridgehead atoms. The van der Waals surface area contributed by atoms with Gasteiger partial charge in [-0.25, -0.2) is 0 Å². The molecule has 3 aliphatic rings. The minimum absolute atomic E-state index is 0.365. The van der Waals surface area contributed by atoms with Crippen molar-refractivity contribution in [2.45, 2.75) is 5.41 Å². The number of rotatable bonds is 0. The van der Waals surface area contributed by atoms with Crippen molar-refractivity contribution in [1.29, 1.82) is 0 Å². The first-order valence-corrected chi connectivity index (χ1v) is 8.59. The Bertz CT molecular complexity index is 1050. The standard InChI is InChI=1S/C23H12O3/c24-19-13-7-1-4-10-16(13)22-17-11-5-2-8-14(17)20(25)23(19,22)21(26)15-9-3-6-12-18(15)22/h1-12H. The van der Waals surface area contributed by atoms with Gasteiger partial charge in [-0.05, 0) is 16.7 Å². The molecular weight excluding hydrogens is 324 g/mol. The second-order valence-electron chi connectivity index (χ2n) is 7.12. The highest BCUT2D eigenvalue weighted by Crippen LogP contribution is 2.69. The van der Waals surface area contributed by atoms with Crippen molar-refractivity contribution >= 4 is 17.3 Å². The highest BCUT2D eigenvalue weighted by atomic mass is 16.2. The molecule has 0 atom stereocenters. The summed E-state index contributed by atoms with van der Waals surface area (Å²) in [7, 11) is 0. The van der Waals surface area contributed by atoms with E-state index in [2.05, 4.69) is 0 Å². The van der Waals surface area contributed by atoms with Crippen LogP contribution in [0.2, 0.25) is 0 Å². The van der Waals surface area contributed by atoms with Gasteiger partial charge in [-0.3, -0.25) is 14.4 Å². The van der Waals surface area contributed by atoms with Crippen molar-refractivity contribution in [1.82, 2.24) is 0 Å². The van der Waals surface area contributed by atoms with Gasteiger partial charge >= 0.3 is 0 Å². The first-order valence-electron chi connectivity index (χ1n) is 8.59. The van der Waals surface area contributed by atoms with E-state index in [-0.39, 0.29) is 17.3 Å². The number of fused-ring (bicyclic) bond motifs is 3. The molecule has 0 N–H and O–H groups in total. The Hall–Kier alpha value is -3.33. The first-order chi connectivity index (χ1) is 12.7. The van der Waals surface area contributed by atoms with Crippen LogP contribution in [0.3, 0.4) is 0 Å². The van der Waals surface area contributed by atoms with Crippen LogP contribution in [0, 0.1) is 5.41 Å². The van der Waals surface area contributed by atoms with Crippen LogP contribution in [0.5, 0.6) is 0 Å². The third-order valence-electron chi connectivity index (χ3n) is 6.31. The molecule has 0 radical (unpaired) electrons. The van der Waals surface area contributed by atoms with Crippen LogP contribution in [0.4, 0.5) is 0 Å². The molecule has 3 aliphatic carbocycles. The maximum Gasteiger partial charge on any atom is 0.186 e.